The summed E-state index contributed by atoms with van der Waals surface area (Å²) in [6, 6.07) is 9.95. The summed E-state index contributed by atoms with van der Waals surface area (Å²) < 4.78 is 11.0. The second-order valence-corrected chi connectivity index (χ2v) is 7.43. The number of aromatic nitrogens is 1. The molecule has 1 saturated heterocycles. The average Bonchev–Trinajstić information content (AvgIpc) is 2.79. The van der Waals surface area contributed by atoms with Gasteiger partial charge in [0.15, 0.2) is 17.5 Å². The molecule has 2 N–H and O–H groups in total. The van der Waals surface area contributed by atoms with Crippen molar-refractivity contribution in [1.82, 2.24) is 15.2 Å². The number of nitrogens with zero attached hydrogens (tertiary/aromatic N) is 4. The lowest BCUT2D eigenvalue weighted by Gasteiger charge is -2.33. The summed E-state index contributed by atoms with van der Waals surface area (Å²) in [6.45, 7) is 10.1. The molecule has 0 saturated carbocycles. The second-order valence-electron chi connectivity index (χ2n) is 7.43. The van der Waals surface area contributed by atoms with Crippen molar-refractivity contribution in [3.63, 3.8) is 0 Å². The summed E-state index contributed by atoms with van der Waals surface area (Å²) in [6.07, 6.45) is 1.92. The molecule has 0 spiro atoms. The number of benzene rings is 1. The van der Waals surface area contributed by atoms with Gasteiger partial charge in [-0.2, -0.15) is 0 Å². The van der Waals surface area contributed by atoms with E-state index in [1.165, 1.54) is 0 Å². The van der Waals surface area contributed by atoms with Crippen LogP contribution in [0.25, 0.3) is 0 Å². The number of guanidine groups is 1. The molecule has 0 amide bonds. The molecule has 3 rings (SSSR count). The Morgan fingerprint density at radius 2 is 1.90 bits per heavy atom. The topological polar surface area (TPSA) is 74.3 Å². The van der Waals surface area contributed by atoms with Crippen molar-refractivity contribution in [1.29, 1.82) is 0 Å². The Kier molecular flexibility index (Phi) is 8.35. The van der Waals surface area contributed by atoms with Crippen LogP contribution >= 0.6 is 0 Å². The molecule has 8 nitrogen and oxygen atoms in total. The Morgan fingerprint density at radius 1 is 1.10 bits per heavy atom. The van der Waals surface area contributed by atoms with E-state index in [-0.39, 0.29) is 0 Å². The maximum atomic E-state index is 5.59. The van der Waals surface area contributed by atoms with Gasteiger partial charge < -0.3 is 29.9 Å². The van der Waals surface area contributed by atoms with Crippen molar-refractivity contribution in [3.8, 4) is 11.5 Å². The molecule has 1 aliphatic rings. The van der Waals surface area contributed by atoms with Gasteiger partial charge in [0.05, 0.1) is 20.3 Å². The van der Waals surface area contributed by atoms with Crippen LogP contribution in [0.4, 0.5) is 11.5 Å². The van der Waals surface area contributed by atoms with Crippen LogP contribution in [0, 0.1) is 0 Å². The Morgan fingerprint density at radius 3 is 2.55 bits per heavy atom. The molecular weight excluding hydrogens is 392 g/mol. The van der Waals surface area contributed by atoms with Gasteiger partial charge in [-0.1, -0.05) is 6.07 Å². The molecule has 0 unspecified atom stereocenters. The molecule has 0 bridgehead atoms. The van der Waals surface area contributed by atoms with Crippen LogP contribution in [-0.4, -0.2) is 69.3 Å². The molecule has 1 fully saturated rings. The SMILES string of the molecule is CCNC(=NCc1ccc(N2CCN(C)CC2)nc1)Nc1ccc(OCC)c(OC)c1. The fourth-order valence-electron chi connectivity index (χ4n) is 3.37. The Hall–Kier alpha value is -3.00. The summed E-state index contributed by atoms with van der Waals surface area (Å²) in [5.74, 6) is 3.15. The number of likely N-dealkylation sites (N-methyl/N-ethyl adjacent to an activating group) is 1. The van der Waals surface area contributed by atoms with Crippen LogP contribution in [0.1, 0.15) is 19.4 Å². The molecule has 1 aliphatic heterocycles. The molecule has 0 aliphatic carbocycles. The van der Waals surface area contributed by atoms with Gasteiger partial charge in [-0.05, 0) is 44.7 Å². The Balaban J connectivity index is 1.64. The van der Waals surface area contributed by atoms with Crippen molar-refractivity contribution in [2.24, 2.45) is 4.99 Å². The number of hydrogen-bond donors (Lipinski definition) is 2. The fourth-order valence-corrected chi connectivity index (χ4v) is 3.37. The Bertz CT molecular complexity index is 848. The zero-order valence-corrected chi connectivity index (χ0v) is 19.0. The van der Waals surface area contributed by atoms with E-state index >= 15 is 0 Å². The van der Waals surface area contributed by atoms with Crippen molar-refractivity contribution in [2.75, 3.05) is 63.7 Å². The van der Waals surface area contributed by atoms with E-state index in [1.54, 1.807) is 7.11 Å². The van der Waals surface area contributed by atoms with Crippen LogP contribution in [-0.2, 0) is 6.54 Å². The molecule has 8 heteroatoms. The zero-order valence-electron chi connectivity index (χ0n) is 19.0. The van der Waals surface area contributed by atoms with Gasteiger partial charge in [-0.25, -0.2) is 9.98 Å². The maximum absolute atomic E-state index is 5.59. The van der Waals surface area contributed by atoms with Crippen molar-refractivity contribution in [3.05, 3.63) is 42.1 Å². The van der Waals surface area contributed by atoms with Crippen molar-refractivity contribution < 1.29 is 9.47 Å². The first kappa shape index (κ1) is 22.7. The summed E-state index contributed by atoms with van der Waals surface area (Å²) in [5, 5.41) is 6.61. The lowest BCUT2D eigenvalue weighted by atomic mass is 10.2. The van der Waals surface area contributed by atoms with Crippen LogP contribution in [0.3, 0.4) is 0 Å². The molecule has 31 heavy (non-hydrogen) atoms. The lowest BCUT2D eigenvalue weighted by molar-refractivity contribution is 0.311. The van der Waals surface area contributed by atoms with E-state index in [4.69, 9.17) is 14.5 Å². The van der Waals surface area contributed by atoms with Gasteiger partial charge in [-0.15, -0.1) is 0 Å². The molecule has 2 heterocycles. The third-order valence-electron chi connectivity index (χ3n) is 5.13. The number of anilines is 2. The maximum Gasteiger partial charge on any atom is 0.196 e. The van der Waals surface area contributed by atoms with E-state index in [0.29, 0.717) is 24.9 Å². The normalized spacial score (nSPS) is 15.0. The first-order chi connectivity index (χ1) is 15.1. The number of hydrogen-bond acceptors (Lipinski definition) is 6. The fraction of sp³-hybridized carbons (Fsp3) is 0.478. The third-order valence-corrected chi connectivity index (χ3v) is 5.13. The number of pyridine rings is 1. The first-order valence-electron chi connectivity index (χ1n) is 10.9. The predicted molar refractivity (Wildman–Crippen MR) is 127 cm³/mol. The molecule has 1 aromatic heterocycles. The monoisotopic (exact) mass is 426 g/mol. The first-order valence-corrected chi connectivity index (χ1v) is 10.9. The van der Waals surface area contributed by atoms with Crippen LogP contribution in [0.5, 0.6) is 11.5 Å². The average molecular weight is 427 g/mol. The van der Waals surface area contributed by atoms with Gasteiger partial charge in [0, 0.05) is 50.7 Å². The lowest BCUT2D eigenvalue weighted by Crippen LogP contribution is -2.44. The van der Waals surface area contributed by atoms with Crippen LogP contribution in [0.2, 0.25) is 0 Å². The highest BCUT2D eigenvalue weighted by molar-refractivity contribution is 5.93. The predicted octanol–water partition coefficient (Wildman–Crippen LogP) is 2.82. The van der Waals surface area contributed by atoms with E-state index in [0.717, 1.165) is 55.5 Å². The van der Waals surface area contributed by atoms with Gasteiger partial charge >= 0.3 is 0 Å². The number of ether oxygens (including phenoxy) is 2. The molecule has 168 valence electrons. The highest BCUT2D eigenvalue weighted by atomic mass is 16.5. The van der Waals surface area contributed by atoms with E-state index in [1.807, 2.05) is 38.2 Å². The molecule has 0 radical (unpaired) electrons. The number of methoxy groups -OCH3 is 1. The summed E-state index contributed by atoms with van der Waals surface area (Å²) in [4.78, 5) is 14.0. The van der Waals surface area contributed by atoms with Gasteiger partial charge in [0.25, 0.3) is 0 Å². The summed E-state index contributed by atoms with van der Waals surface area (Å²) in [7, 11) is 3.80. The minimum Gasteiger partial charge on any atom is -0.493 e. The molecule has 1 aromatic carbocycles. The molecular formula is C23H34N6O2. The third kappa shape index (κ3) is 6.49. The summed E-state index contributed by atoms with van der Waals surface area (Å²) >= 11 is 0. The van der Waals surface area contributed by atoms with E-state index in [2.05, 4.69) is 44.6 Å². The van der Waals surface area contributed by atoms with Crippen LogP contribution < -0.4 is 25.0 Å². The summed E-state index contributed by atoms with van der Waals surface area (Å²) in [5.41, 5.74) is 1.95. The molecule has 0 atom stereocenters. The number of piperazine rings is 1. The van der Waals surface area contributed by atoms with E-state index in [9.17, 15) is 0 Å². The minimum atomic E-state index is 0.541. The largest absolute Gasteiger partial charge is 0.493 e. The van der Waals surface area contributed by atoms with Crippen LogP contribution in [0.15, 0.2) is 41.5 Å². The van der Waals surface area contributed by atoms with Gasteiger partial charge in [0.2, 0.25) is 0 Å². The Labute approximate surface area is 185 Å². The number of aliphatic imine (C=N–C) groups is 1. The second kappa shape index (κ2) is 11.4. The minimum absolute atomic E-state index is 0.541. The van der Waals surface area contributed by atoms with Crippen molar-refractivity contribution in [2.45, 2.75) is 20.4 Å². The standard InChI is InChI=1S/C23H34N6O2/c1-5-24-23(27-19-8-9-20(31-6-2)21(15-19)30-4)26-17-18-7-10-22(25-16-18)29-13-11-28(3)12-14-29/h7-10,15-16H,5-6,11-14,17H2,1-4H3,(H2,24,26,27). The smallest absolute Gasteiger partial charge is 0.196 e. The van der Waals surface area contributed by atoms with Gasteiger partial charge in [0.1, 0.15) is 5.82 Å². The quantitative estimate of drug-likeness (QED) is 0.497. The highest BCUT2D eigenvalue weighted by Crippen LogP contribution is 2.30. The van der Waals surface area contributed by atoms with E-state index < -0.39 is 0 Å². The van der Waals surface area contributed by atoms with Gasteiger partial charge in [-0.3, -0.25) is 0 Å². The molecule has 2 aromatic rings. The highest BCUT2D eigenvalue weighted by Gasteiger charge is 2.15. The number of rotatable bonds is 8. The number of nitrogens with one attached hydrogen (secondary N) is 2. The zero-order chi connectivity index (χ0) is 22.1. The van der Waals surface area contributed by atoms with Crippen molar-refractivity contribution >= 4 is 17.5 Å².